The van der Waals surface area contributed by atoms with Crippen LogP contribution in [0.1, 0.15) is 15.4 Å². The monoisotopic (exact) mass is 356 g/mol. The van der Waals surface area contributed by atoms with E-state index < -0.39 is 0 Å². The molecule has 0 spiro atoms. The van der Waals surface area contributed by atoms with Crippen molar-refractivity contribution < 1.29 is 9.53 Å². The van der Waals surface area contributed by atoms with E-state index in [2.05, 4.69) is 10.3 Å². The molecular formula is C18H16N2O2S2. The number of ether oxygens (including phenoxy) is 1. The van der Waals surface area contributed by atoms with E-state index in [0.29, 0.717) is 18.0 Å². The fraction of sp³-hybridized carbons (Fsp3) is 0.111. The van der Waals surface area contributed by atoms with Crippen molar-refractivity contribution >= 4 is 40.3 Å². The maximum Gasteiger partial charge on any atom is 0.248 e. The lowest BCUT2D eigenvalue weighted by atomic mass is 10.3. The number of carbonyl (C=O) groups excluding carboxylic acids is 1. The van der Waals surface area contributed by atoms with Gasteiger partial charge < -0.3 is 10.1 Å². The summed E-state index contributed by atoms with van der Waals surface area (Å²) in [5.74, 6) is 0.435. The van der Waals surface area contributed by atoms with Crippen molar-refractivity contribution in [1.29, 1.82) is 0 Å². The molecular weight excluding hydrogens is 340 g/mol. The largest absolute Gasteiger partial charge is 0.485 e. The number of hydrogen-bond donors (Lipinski definition) is 1. The molecule has 0 saturated heterocycles. The average Bonchev–Trinajstić information content (AvgIpc) is 3.24. The Balaban J connectivity index is 1.63. The van der Waals surface area contributed by atoms with Crippen molar-refractivity contribution in [1.82, 2.24) is 4.98 Å². The van der Waals surface area contributed by atoms with Gasteiger partial charge in [0.05, 0.1) is 16.9 Å². The van der Waals surface area contributed by atoms with E-state index in [1.165, 1.54) is 22.3 Å². The van der Waals surface area contributed by atoms with Crippen LogP contribution in [-0.2, 0) is 11.4 Å². The molecule has 2 heterocycles. The molecule has 0 saturated carbocycles. The Bertz CT molecular complexity index is 838. The van der Waals surface area contributed by atoms with E-state index >= 15 is 0 Å². The molecule has 0 atom stereocenters. The van der Waals surface area contributed by atoms with Crippen molar-refractivity contribution in [2.75, 3.05) is 5.32 Å². The molecule has 4 nitrogen and oxygen atoms in total. The fourth-order valence-corrected chi connectivity index (χ4v) is 3.35. The number of amides is 1. The number of nitrogens with one attached hydrogen (secondary N) is 1. The number of aryl methyl sites for hydroxylation is 1. The van der Waals surface area contributed by atoms with Gasteiger partial charge in [0.1, 0.15) is 12.4 Å². The first-order valence-electron chi connectivity index (χ1n) is 7.35. The second-order valence-corrected chi connectivity index (χ2v) is 7.07. The summed E-state index contributed by atoms with van der Waals surface area (Å²) in [6, 6.07) is 11.4. The molecule has 3 rings (SSSR count). The van der Waals surface area contributed by atoms with Crippen LogP contribution in [0.2, 0.25) is 0 Å². The third-order valence-corrected chi connectivity index (χ3v) is 4.77. The minimum atomic E-state index is -0.189. The third kappa shape index (κ3) is 4.53. The SMILES string of the molecule is Cc1ccc(/C=C/C(=O)Nc2ccccc2OCc2cscn2)s1. The molecule has 2 aromatic heterocycles. The Kier molecular flexibility index (Phi) is 5.40. The fourth-order valence-electron chi connectivity index (χ4n) is 2.03. The maximum atomic E-state index is 12.1. The average molecular weight is 356 g/mol. The molecule has 3 aromatic rings. The predicted molar refractivity (Wildman–Crippen MR) is 99.6 cm³/mol. The lowest BCUT2D eigenvalue weighted by Crippen LogP contribution is -2.09. The van der Waals surface area contributed by atoms with Crippen molar-refractivity contribution in [3.05, 3.63) is 68.8 Å². The smallest absolute Gasteiger partial charge is 0.248 e. The van der Waals surface area contributed by atoms with Gasteiger partial charge in [0.2, 0.25) is 5.91 Å². The molecule has 0 bridgehead atoms. The highest BCUT2D eigenvalue weighted by Crippen LogP contribution is 2.25. The molecule has 0 radical (unpaired) electrons. The van der Waals surface area contributed by atoms with Gasteiger partial charge in [-0.25, -0.2) is 4.98 Å². The molecule has 1 amide bonds. The Morgan fingerprint density at radius 1 is 1.29 bits per heavy atom. The molecule has 0 aliphatic carbocycles. The summed E-state index contributed by atoms with van der Waals surface area (Å²) >= 11 is 3.18. The van der Waals surface area contributed by atoms with E-state index in [9.17, 15) is 4.79 Å². The summed E-state index contributed by atoms with van der Waals surface area (Å²) in [7, 11) is 0. The lowest BCUT2D eigenvalue weighted by Gasteiger charge is -2.10. The van der Waals surface area contributed by atoms with Crippen LogP contribution in [0.5, 0.6) is 5.75 Å². The molecule has 1 aromatic carbocycles. The summed E-state index contributed by atoms with van der Waals surface area (Å²) in [5.41, 5.74) is 3.28. The first kappa shape index (κ1) is 16.4. The lowest BCUT2D eigenvalue weighted by molar-refractivity contribution is -0.111. The standard InChI is InChI=1S/C18H16N2O2S2/c1-13-6-7-15(24-13)8-9-18(21)20-16-4-2-3-5-17(16)22-10-14-11-23-12-19-14/h2-9,11-12H,10H2,1H3,(H,20,21)/b9-8+. The van der Waals surface area contributed by atoms with Crippen LogP contribution < -0.4 is 10.1 Å². The Morgan fingerprint density at radius 3 is 2.92 bits per heavy atom. The Hall–Kier alpha value is -2.44. The number of anilines is 1. The van der Waals surface area contributed by atoms with Crippen molar-refractivity contribution in [2.45, 2.75) is 13.5 Å². The van der Waals surface area contributed by atoms with Crippen molar-refractivity contribution in [3.63, 3.8) is 0 Å². The maximum absolute atomic E-state index is 12.1. The van der Waals surface area contributed by atoms with Crippen LogP contribution in [0.3, 0.4) is 0 Å². The Morgan fingerprint density at radius 2 is 2.17 bits per heavy atom. The van der Waals surface area contributed by atoms with Crippen LogP contribution in [-0.4, -0.2) is 10.9 Å². The van der Waals surface area contributed by atoms with Gasteiger partial charge in [-0.3, -0.25) is 4.79 Å². The van der Waals surface area contributed by atoms with Gasteiger partial charge in [-0.1, -0.05) is 12.1 Å². The summed E-state index contributed by atoms with van der Waals surface area (Å²) < 4.78 is 5.76. The topological polar surface area (TPSA) is 51.2 Å². The van der Waals surface area contributed by atoms with E-state index in [4.69, 9.17) is 4.74 Å². The third-order valence-electron chi connectivity index (χ3n) is 3.16. The van der Waals surface area contributed by atoms with Gasteiger partial charge in [0.25, 0.3) is 0 Å². The molecule has 1 N–H and O–H groups in total. The zero-order valence-corrected chi connectivity index (χ0v) is 14.7. The second kappa shape index (κ2) is 7.90. The predicted octanol–water partition coefficient (Wildman–Crippen LogP) is 4.74. The van der Waals surface area contributed by atoms with E-state index in [0.717, 1.165) is 10.6 Å². The number of benzene rings is 1. The minimum Gasteiger partial charge on any atom is -0.485 e. The number of thiazole rings is 1. The number of aromatic nitrogens is 1. The molecule has 0 fully saturated rings. The number of carbonyl (C=O) groups is 1. The number of nitrogens with zero attached hydrogens (tertiary/aromatic N) is 1. The number of thiophene rings is 1. The molecule has 122 valence electrons. The highest BCUT2D eigenvalue weighted by Gasteiger charge is 2.06. The minimum absolute atomic E-state index is 0.189. The van der Waals surface area contributed by atoms with E-state index in [-0.39, 0.29) is 5.91 Å². The van der Waals surface area contributed by atoms with Gasteiger partial charge in [0, 0.05) is 21.2 Å². The number of hydrogen-bond acceptors (Lipinski definition) is 5. The highest BCUT2D eigenvalue weighted by atomic mass is 32.1. The molecule has 6 heteroatoms. The molecule has 24 heavy (non-hydrogen) atoms. The summed E-state index contributed by atoms with van der Waals surface area (Å²) in [4.78, 5) is 18.6. The van der Waals surface area contributed by atoms with Gasteiger partial charge >= 0.3 is 0 Å². The first-order valence-corrected chi connectivity index (χ1v) is 9.11. The summed E-state index contributed by atoms with van der Waals surface area (Å²) in [5, 5.41) is 4.79. The number of rotatable bonds is 6. The van der Waals surface area contributed by atoms with Gasteiger partial charge in [0.15, 0.2) is 0 Å². The molecule has 0 aliphatic rings. The van der Waals surface area contributed by atoms with Crippen LogP contribution >= 0.6 is 22.7 Å². The molecule has 0 unspecified atom stereocenters. The Labute approximate surface area is 148 Å². The summed E-state index contributed by atoms with van der Waals surface area (Å²) in [6.45, 7) is 2.42. The number of para-hydroxylation sites is 2. The van der Waals surface area contributed by atoms with Crippen molar-refractivity contribution in [2.24, 2.45) is 0 Å². The van der Waals surface area contributed by atoms with Crippen molar-refractivity contribution in [3.8, 4) is 5.75 Å². The van der Waals surface area contributed by atoms with Gasteiger partial charge in [-0.2, -0.15) is 0 Å². The van der Waals surface area contributed by atoms with Crippen LogP contribution in [0.25, 0.3) is 6.08 Å². The zero-order valence-electron chi connectivity index (χ0n) is 13.1. The van der Waals surface area contributed by atoms with E-state index in [1.54, 1.807) is 16.8 Å². The first-order chi connectivity index (χ1) is 11.7. The highest BCUT2D eigenvalue weighted by molar-refractivity contribution is 7.12. The zero-order chi connectivity index (χ0) is 16.8. The van der Waals surface area contributed by atoms with Gasteiger partial charge in [-0.05, 0) is 37.3 Å². The second-order valence-electron chi connectivity index (χ2n) is 5.04. The summed E-state index contributed by atoms with van der Waals surface area (Å²) in [6.07, 6.45) is 3.34. The van der Waals surface area contributed by atoms with Crippen LogP contribution in [0.15, 0.2) is 53.4 Å². The normalized spacial score (nSPS) is 10.9. The van der Waals surface area contributed by atoms with Crippen LogP contribution in [0.4, 0.5) is 5.69 Å². The van der Waals surface area contributed by atoms with Gasteiger partial charge in [-0.15, -0.1) is 22.7 Å². The van der Waals surface area contributed by atoms with E-state index in [1.807, 2.05) is 54.8 Å². The van der Waals surface area contributed by atoms with Crippen LogP contribution in [0, 0.1) is 6.92 Å². The molecule has 0 aliphatic heterocycles. The quantitative estimate of drug-likeness (QED) is 0.649.